The van der Waals surface area contributed by atoms with Crippen LogP contribution in [0.3, 0.4) is 0 Å². The highest BCUT2D eigenvalue weighted by atomic mass is 16.5. The molecule has 1 aliphatic rings. The molecule has 1 fully saturated rings. The summed E-state index contributed by atoms with van der Waals surface area (Å²) >= 11 is 0. The lowest BCUT2D eigenvalue weighted by atomic mass is 10.2. The summed E-state index contributed by atoms with van der Waals surface area (Å²) in [5.41, 5.74) is 6.53. The van der Waals surface area contributed by atoms with Gasteiger partial charge in [-0.3, -0.25) is 4.90 Å². The minimum atomic E-state index is 0.276. The molecule has 8 nitrogen and oxygen atoms in total. The van der Waals surface area contributed by atoms with E-state index >= 15 is 0 Å². The fourth-order valence-corrected chi connectivity index (χ4v) is 3.02. The zero-order valence-electron chi connectivity index (χ0n) is 14.5. The average molecular weight is 351 g/mol. The SMILES string of the molecule is NCc1nc(CN2CCN(c3ccnc(-c4ccccc4)n3)CC2)no1. The molecular weight excluding hydrogens is 330 g/mol. The van der Waals surface area contributed by atoms with E-state index in [4.69, 9.17) is 15.2 Å². The molecule has 0 spiro atoms. The van der Waals surface area contributed by atoms with Crippen LogP contribution in [0.4, 0.5) is 5.82 Å². The summed E-state index contributed by atoms with van der Waals surface area (Å²) in [6, 6.07) is 12.0. The van der Waals surface area contributed by atoms with E-state index in [1.54, 1.807) is 0 Å². The third-order valence-corrected chi connectivity index (χ3v) is 4.42. The lowest BCUT2D eigenvalue weighted by molar-refractivity contribution is 0.239. The molecule has 0 bridgehead atoms. The Bertz CT molecular complexity index is 844. The van der Waals surface area contributed by atoms with Crippen LogP contribution < -0.4 is 10.6 Å². The average Bonchev–Trinajstić information content (AvgIpc) is 3.17. The topological polar surface area (TPSA) is 97.2 Å². The summed E-state index contributed by atoms with van der Waals surface area (Å²) in [6.45, 7) is 4.57. The number of aromatic nitrogens is 4. The second-order valence-electron chi connectivity index (χ2n) is 6.18. The Balaban J connectivity index is 1.39. The molecule has 2 aromatic heterocycles. The highest BCUT2D eigenvalue weighted by Crippen LogP contribution is 2.19. The summed E-state index contributed by atoms with van der Waals surface area (Å²) in [5.74, 6) is 2.88. The zero-order chi connectivity index (χ0) is 17.8. The molecule has 3 heterocycles. The first-order chi connectivity index (χ1) is 12.8. The number of rotatable bonds is 5. The van der Waals surface area contributed by atoms with Gasteiger partial charge in [0.2, 0.25) is 5.89 Å². The van der Waals surface area contributed by atoms with E-state index in [1.165, 1.54) is 0 Å². The zero-order valence-corrected chi connectivity index (χ0v) is 14.5. The number of nitrogens with two attached hydrogens (primary N) is 1. The molecule has 0 radical (unpaired) electrons. The molecule has 134 valence electrons. The van der Waals surface area contributed by atoms with Crippen molar-refractivity contribution in [2.45, 2.75) is 13.1 Å². The Morgan fingerprint density at radius 2 is 1.81 bits per heavy atom. The monoisotopic (exact) mass is 351 g/mol. The molecule has 3 aromatic rings. The summed E-state index contributed by atoms with van der Waals surface area (Å²) in [6.07, 6.45) is 1.82. The van der Waals surface area contributed by atoms with Gasteiger partial charge in [0, 0.05) is 37.9 Å². The minimum Gasteiger partial charge on any atom is -0.354 e. The van der Waals surface area contributed by atoms with Gasteiger partial charge in [-0.2, -0.15) is 4.98 Å². The second kappa shape index (κ2) is 7.59. The van der Waals surface area contributed by atoms with Crippen molar-refractivity contribution in [3.8, 4) is 11.4 Å². The van der Waals surface area contributed by atoms with E-state index in [-0.39, 0.29) is 6.54 Å². The van der Waals surface area contributed by atoms with Crippen molar-refractivity contribution in [1.82, 2.24) is 25.0 Å². The van der Waals surface area contributed by atoms with E-state index in [0.717, 1.165) is 43.4 Å². The Hall–Kier alpha value is -2.84. The largest absolute Gasteiger partial charge is 0.354 e. The third-order valence-electron chi connectivity index (χ3n) is 4.42. The first-order valence-corrected chi connectivity index (χ1v) is 8.69. The molecule has 4 rings (SSSR count). The van der Waals surface area contributed by atoms with Crippen LogP contribution in [0.15, 0.2) is 47.1 Å². The summed E-state index contributed by atoms with van der Waals surface area (Å²) < 4.78 is 5.06. The van der Waals surface area contributed by atoms with Crippen molar-refractivity contribution in [2.24, 2.45) is 5.73 Å². The fraction of sp³-hybridized carbons (Fsp3) is 0.333. The molecule has 0 saturated carbocycles. The molecule has 1 aliphatic heterocycles. The fourth-order valence-electron chi connectivity index (χ4n) is 3.02. The highest BCUT2D eigenvalue weighted by molar-refractivity contribution is 5.57. The normalized spacial score (nSPS) is 15.3. The van der Waals surface area contributed by atoms with E-state index < -0.39 is 0 Å². The van der Waals surface area contributed by atoms with Gasteiger partial charge in [-0.15, -0.1) is 0 Å². The predicted octanol–water partition coefficient (Wildman–Crippen LogP) is 1.31. The Morgan fingerprint density at radius 3 is 2.54 bits per heavy atom. The lowest BCUT2D eigenvalue weighted by Gasteiger charge is -2.34. The van der Waals surface area contributed by atoms with Gasteiger partial charge in [-0.1, -0.05) is 35.5 Å². The van der Waals surface area contributed by atoms with Gasteiger partial charge in [0.15, 0.2) is 11.6 Å². The molecule has 8 heteroatoms. The number of nitrogens with zero attached hydrogens (tertiary/aromatic N) is 6. The minimum absolute atomic E-state index is 0.276. The van der Waals surface area contributed by atoms with Crippen LogP contribution in [0.1, 0.15) is 11.7 Å². The maximum atomic E-state index is 5.50. The van der Waals surface area contributed by atoms with E-state index in [2.05, 4.69) is 24.9 Å². The van der Waals surface area contributed by atoms with Crippen LogP contribution >= 0.6 is 0 Å². The second-order valence-corrected chi connectivity index (χ2v) is 6.18. The van der Waals surface area contributed by atoms with Gasteiger partial charge in [0.1, 0.15) is 5.82 Å². The molecule has 0 amide bonds. The van der Waals surface area contributed by atoms with E-state index in [9.17, 15) is 0 Å². The number of benzene rings is 1. The quantitative estimate of drug-likeness (QED) is 0.735. The molecule has 1 aromatic carbocycles. The first kappa shape index (κ1) is 16.6. The Labute approximate surface area is 151 Å². The number of anilines is 1. The maximum Gasteiger partial charge on any atom is 0.240 e. The van der Waals surface area contributed by atoms with Gasteiger partial charge in [-0.25, -0.2) is 9.97 Å². The van der Waals surface area contributed by atoms with Crippen LogP contribution in [0.5, 0.6) is 0 Å². The van der Waals surface area contributed by atoms with Gasteiger partial charge < -0.3 is 15.2 Å². The van der Waals surface area contributed by atoms with Crippen LogP contribution in [0.2, 0.25) is 0 Å². The molecular formula is C18H21N7O. The van der Waals surface area contributed by atoms with Crippen LogP contribution in [-0.4, -0.2) is 51.2 Å². The Morgan fingerprint density at radius 1 is 1.00 bits per heavy atom. The molecule has 0 aliphatic carbocycles. The van der Waals surface area contributed by atoms with E-state index in [1.807, 2.05) is 42.6 Å². The van der Waals surface area contributed by atoms with Crippen molar-refractivity contribution in [1.29, 1.82) is 0 Å². The van der Waals surface area contributed by atoms with Gasteiger partial charge in [0.05, 0.1) is 13.1 Å². The summed E-state index contributed by atoms with van der Waals surface area (Å²) in [7, 11) is 0. The molecule has 1 saturated heterocycles. The predicted molar refractivity (Wildman–Crippen MR) is 97.1 cm³/mol. The van der Waals surface area contributed by atoms with Crippen molar-refractivity contribution in [3.63, 3.8) is 0 Å². The standard InChI is InChI=1S/C18H21N7O/c19-12-17-21-15(23-26-17)13-24-8-10-25(11-9-24)16-6-7-20-18(22-16)14-4-2-1-3-5-14/h1-7H,8-13,19H2. The molecule has 0 atom stereocenters. The number of piperazine rings is 1. The number of hydrogen-bond acceptors (Lipinski definition) is 8. The molecule has 2 N–H and O–H groups in total. The van der Waals surface area contributed by atoms with Crippen molar-refractivity contribution in [2.75, 3.05) is 31.1 Å². The van der Waals surface area contributed by atoms with Crippen LogP contribution in [0.25, 0.3) is 11.4 Å². The number of hydrogen-bond donors (Lipinski definition) is 1. The van der Waals surface area contributed by atoms with Crippen molar-refractivity contribution in [3.05, 3.63) is 54.3 Å². The van der Waals surface area contributed by atoms with Crippen molar-refractivity contribution < 1.29 is 4.52 Å². The lowest BCUT2D eigenvalue weighted by Crippen LogP contribution is -2.46. The van der Waals surface area contributed by atoms with Crippen LogP contribution in [0, 0.1) is 0 Å². The smallest absolute Gasteiger partial charge is 0.240 e. The van der Waals surface area contributed by atoms with E-state index in [0.29, 0.717) is 18.3 Å². The van der Waals surface area contributed by atoms with Gasteiger partial charge in [0.25, 0.3) is 0 Å². The maximum absolute atomic E-state index is 5.50. The van der Waals surface area contributed by atoms with Gasteiger partial charge >= 0.3 is 0 Å². The Kier molecular flexibility index (Phi) is 4.85. The van der Waals surface area contributed by atoms with Crippen LogP contribution in [-0.2, 0) is 13.1 Å². The third kappa shape index (κ3) is 3.71. The van der Waals surface area contributed by atoms with Gasteiger partial charge in [-0.05, 0) is 6.07 Å². The first-order valence-electron chi connectivity index (χ1n) is 8.69. The molecule has 0 unspecified atom stereocenters. The summed E-state index contributed by atoms with van der Waals surface area (Å²) in [4.78, 5) is 18.0. The van der Waals surface area contributed by atoms with Crippen molar-refractivity contribution >= 4 is 5.82 Å². The summed E-state index contributed by atoms with van der Waals surface area (Å²) in [5, 5.41) is 3.96. The molecule has 26 heavy (non-hydrogen) atoms. The highest BCUT2D eigenvalue weighted by Gasteiger charge is 2.20.